The highest BCUT2D eigenvalue weighted by Crippen LogP contribution is 2.30. The molecule has 1 N–H and O–H groups in total. The van der Waals surface area contributed by atoms with Gasteiger partial charge in [0.2, 0.25) is 5.91 Å². The van der Waals surface area contributed by atoms with E-state index in [0.29, 0.717) is 10.8 Å². The van der Waals surface area contributed by atoms with Crippen molar-refractivity contribution < 1.29 is 4.79 Å². The van der Waals surface area contributed by atoms with Gasteiger partial charge in [-0.2, -0.15) is 0 Å². The molecule has 0 aliphatic carbocycles. The fourth-order valence-corrected chi connectivity index (χ4v) is 3.25. The number of pyridine rings is 1. The lowest BCUT2D eigenvalue weighted by atomic mass is 10.2. The van der Waals surface area contributed by atoms with Crippen LogP contribution in [0.4, 0.5) is 5.82 Å². The molecule has 0 bridgehead atoms. The molecule has 0 aliphatic rings. The number of anilines is 1. The van der Waals surface area contributed by atoms with Gasteiger partial charge < -0.3 is 5.32 Å². The van der Waals surface area contributed by atoms with Crippen molar-refractivity contribution in [3.05, 3.63) is 64.3 Å². The van der Waals surface area contributed by atoms with E-state index in [1.807, 2.05) is 48.7 Å². The van der Waals surface area contributed by atoms with E-state index in [9.17, 15) is 4.79 Å². The summed E-state index contributed by atoms with van der Waals surface area (Å²) >= 11 is 7.65. The molecular formula is C17H14ClN3OS. The first-order valence-corrected chi connectivity index (χ1v) is 8.30. The van der Waals surface area contributed by atoms with Gasteiger partial charge >= 0.3 is 0 Å². The Bertz CT molecular complexity index is 847. The van der Waals surface area contributed by atoms with Gasteiger partial charge in [-0.15, -0.1) is 11.3 Å². The van der Waals surface area contributed by atoms with Crippen molar-refractivity contribution in [1.82, 2.24) is 9.97 Å². The maximum atomic E-state index is 12.1. The summed E-state index contributed by atoms with van der Waals surface area (Å²) in [6.07, 6.45) is 0.205. The number of carbonyl (C=O) groups is 1. The summed E-state index contributed by atoms with van der Waals surface area (Å²) in [7, 11) is 0. The smallest absolute Gasteiger partial charge is 0.231 e. The lowest BCUT2D eigenvalue weighted by Crippen LogP contribution is -2.15. The fourth-order valence-electron chi connectivity index (χ4n) is 2.11. The second-order valence-electron chi connectivity index (χ2n) is 5.01. The minimum Gasteiger partial charge on any atom is -0.310 e. The van der Waals surface area contributed by atoms with Crippen molar-refractivity contribution in [2.24, 2.45) is 0 Å². The molecule has 0 unspecified atom stereocenters. The summed E-state index contributed by atoms with van der Waals surface area (Å²) in [4.78, 5) is 20.8. The van der Waals surface area contributed by atoms with E-state index in [-0.39, 0.29) is 12.3 Å². The van der Waals surface area contributed by atoms with Gasteiger partial charge in [0.1, 0.15) is 10.8 Å². The van der Waals surface area contributed by atoms with Gasteiger partial charge in [-0.1, -0.05) is 35.9 Å². The Balaban J connectivity index is 1.69. The molecule has 4 nitrogen and oxygen atoms in total. The van der Waals surface area contributed by atoms with Crippen molar-refractivity contribution in [2.75, 3.05) is 5.32 Å². The van der Waals surface area contributed by atoms with Crippen LogP contribution in [0.15, 0.2) is 47.8 Å². The Labute approximate surface area is 143 Å². The molecule has 0 saturated heterocycles. The molecule has 116 valence electrons. The topological polar surface area (TPSA) is 54.9 Å². The number of halogens is 1. The number of benzene rings is 1. The molecule has 2 aromatic heterocycles. The first-order valence-electron chi connectivity index (χ1n) is 7.04. The van der Waals surface area contributed by atoms with Gasteiger partial charge in [-0.25, -0.2) is 9.97 Å². The molecule has 1 aromatic carbocycles. The van der Waals surface area contributed by atoms with E-state index in [0.717, 1.165) is 22.0 Å². The summed E-state index contributed by atoms with van der Waals surface area (Å²) in [6.45, 7) is 1.88. The number of hydrogen-bond donors (Lipinski definition) is 1. The van der Waals surface area contributed by atoms with Gasteiger partial charge in [-0.05, 0) is 25.1 Å². The lowest BCUT2D eigenvalue weighted by molar-refractivity contribution is -0.115. The summed E-state index contributed by atoms with van der Waals surface area (Å²) in [5.41, 5.74) is 2.46. The quantitative estimate of drug-likeness (QED) is 0.766. The van der Waals surface area contributed by atoms with Crippen molar-refractivity contribution in [3.63, 3.8) is 0 Å². The number of carbonyl (C=O) groups excluding carboxylic acids is 1. The monoisotopic (exact) mass is 343 g/mol. The number of hydrogen-bond acceptors (Lipinski definition) is 4. The number of nitrogens with zero attached hydrogens (tertiary/aromatic N) is 2. The van der Waals surface area contributed by atoms with Crippen LogP contribution in [0.3, 0.4) is 0 Å². The Hall–Kier alpha value is -2.24. The molecule has 0 radical (unpaired) electrons. The molecular weight excluding hydrogens is 330 g/mol. The third-order valence-corrected chi connectivity index (χ3v) is 4.41. The molecule has 0 atom stereocenters. The molecule has 0 saturated carbocycles. The maximum Gasteiger partial charge on any atom is 0.231 e. The van der Waals surface area contributed by atoms with E-state index in [4.69, 9.17) is 11.6 Å². The summed E-state index contributed by atoms with van der Waals surface area (Å²) < 4.78 is 0. The van der Waals surface area contributed by atoms with Crippen LogP contribution >= 0.6 is 22.9 Å². The Morgan fingerprint density at radius 2 is 2.00 bits per heavy atom. The molecule has 3 rings (SSSR count). The zero-order valence-electron chi connectivity index (χ0n) is 12.4. The highest BCUT2D eigenvalue weighted by molar-refractivity contribution is 7.13. The highest BCUT2D eigenvalue weighted by atomic mass is 35.5. The lowest BCUT2D eigenvalue weighted by Gasteiger charge is -2.03. The van der Waals surface area contributed by atoms with Gasteiger partial charge in [0.15, 0.2) is 0 Å². The average molecular weight is 344 g/mol. The average Bonchev–Trinajstić information content (AvgIpc) is 2.95. The Morgan fingerprint density at radius 1 is 1.17 bits per heavy atom. The SMILES string of the molecule is Cc1cccc(NC(=O)Cc2csc(-c3ccccc3Cl)n2)n1. The van der Waals surface area contributed by atoms with E-state index in [2.05, 4.69) is 15.3 Å². The van der Waals surface area contributed by atoms with Crippen molar-refractivity contribution in [2.45, 2.75) is 13.3 Å². The van der Waals surface area contributed by atoms with E-state index < -0.39 is 0 Å². The van der Waals surface area contributed by atoms with Gasteiger partial charge in [0.25, 0.3) is 0 Å². The number of aryl methyl sites for hydroxylation is 1. The molecule has 2 heterocycles. The van der Waals surface area contributed by atoms with Crippen LogP contribution in [-0.2, 0) is 11.2 Å². The van der Waals surface area contributed by atoms with Crippen LogP contribution < -0.4 is 5.32 Å². The second kappa shape index (κ2) is 6.89. The van der Waals surface area contributed by atoms with Gasteiger partial charge in [-0.3, -0.25) is 4.79 Å². The predicted octanol–water partition coefficient (Wildman–Crippen LogP) is 4.35. The van der Waals surface area contributed by atoms with Crippen LogP contribution in [0.25, 0.3) is 10.6 Å². The Kier molecular flexibility index (Phi) is 4.69. The first-order chi connectivity index (χ1) is 11.1. The van der Waals surface area contributed by atoms with Crippen LogP contribution in [0.5, 0.6) is 0 Å². The van der Waals surface area contributed by atoms with Crippen LogP contribution in [0.1, 0.15) is 11.4 Å². The molecule has 3 aromatic rings. The minimum absolute atomic E-state index is 0.140. The van der Waals surface area contributed by atoms with Gasteiger partial charge in [0.05, 0.1) is 17.1 Å². The standard InChI is InChI=1S/C17H14ClN3OS/c1-11-5-4-8-15(19-11)21-16(22)9-12-10-23-17(20-12)13-6-2-3-7-14(13)18/h2-8,10H,9H2,1H3,(H,19,21,22). The van der Waals surface area contributed by atoms with Gasteiger partial charge in [0, 0.05) is 16.6 Å². The van der Waals surface area contributed by atoms with Crippen LogP contribution in [0.2, 0.25) is 5.02 Å². The molecule has 6 heteroatoms. The zero-order valence-corrected chi connectivity index (χ0v) is 14.0. The van der Waals surface area contributed by atoms with E-state index in [1.165, 1.54) is 11.3 Å². The number of thiazole rings is 1. The third kappa shape index (κ3) is 3.94. The van der Waals surface area contributed by atoms with Crippen molar-refractivity contribution in [3.8, 4) is 10.6 Å². The van der Waals surface area contributed by atoms with Crippen molar-refractivity contribution >= 4 is 34.7 Å². The predicted molar refractivity (Wildman–Crippen MR) is 93.9 cm³/mol. The number of rotatable bonds is 4. The highest BCUT2D eigenvalue weighted by Gasteiger charge is 2.11. The van der Waals surface area contributed by atoms with Crippen LogP contribution in [-0.4, -0.2) is 15.9 Å². The third-order valence-electron chi connectivity index (χ3n) is 3.15. The largest absolute Gasteiger partial charge is 0.310 e. The number of aromatic nitrogens is 2. The molecule has 23 heavy (non-hydrogen) atoms. The maximum absolute atomic E-state index is 12.1. The normalized spacial score (nSPS) is 10.5. The Morgan fingerprint density at radius 3 is 2.78 bits per heavy atom. The summed E-state index contributed by atoms with van der Waals surface area (Å²) in [5, 5.41) is 6.12. The molecule has 0 spiro atoms. The zero-order chi connectivity index (χ0) is 16.2. The van der Waals surface area contributed by atoms with Crippen molar-refractivity contribution in [1.29, 1.82) is 0 Å². The number of amides is 1. The minimum atomic E-state index is -0.140. The van der Waals surface area contributed by atoms with E-state index in [1.54, 1.807) is 6.07 Å². The fraction of sp³-hybridized carbons (Fsp3) is 0.118. The van der Waals surface area contributed by atoms with Crippen LogP contribution in [0, 0.1) is 6.92 Å². The van der Waals surface area contributed by atoms with E-state index >= 15 is 0 Å². The molecule has 0 aliphatic heterocycles. The summed E-state index contributed by atoms with van der Waals surface area (Å²) in [5.74, 6) is 0.413. The second-order valence-corrected chi connectivity index (χ2v) is 6.28. The summed E-state index contributed by atoms with van der Waals surface area (Å²) in [6, 6.07) is 13.0. The molecule has 1 amide bonds. The first kappa shape index (κ1) is 15.6. The number of nitrogens with one attached hydrogen (secondary N) is 1. The molecule has 0 fully saturated rings.